The van der Waals surface area contributed by atoms with Crippen molar-refractivity contribution in [3.8, 4) is 5.75 Å². The van der Waals surface area contributed by atoms with Gasteiger partial charge in [-0.15, -0.1) is 0 Å². The van der Waals surface area contributed by atoms with Gasteiger partial charge in [-0.05, 0) is 91.0 Å². The van der Waals surface area contributed by atoms with E-state index < -0.39 is 11.8 Å². The van der Waals surface area contributed by atoms with Gasteiger partial charge >= 0.3 is 5.97 Å². The highest BCUT2D eigenvalue weighted by Crippen LogP contribution is 2.54. The Morgan fingerprint density at radius 3 is 2.35 bits per heavy atom. The summed E-state index contributed by atoms with van der Waals surface area (Å²) in [5.74, 6) is -0.791. The van der Waals surface area contributed by atoms with Gasteiger partial charge in [0.25, 0.3) is 0 Å². The number of aromatic hydroxyl groups is 1. The van der Waals surface area contributed by atoms with Crippen molar-refractivity contribution >= 4 is 17.4 Å². The summed E-state index contributed by atoms with van der Waals surface area (Å²) in [5.41, 5.74) is 5.08. The van der Waals surface area contributed by atoms with Crippen LogP contribution in [0.1, 0.15) is 76.2 Å². The van der Waals surface area contributed by atoms with Crippen molar-refractivity contribution in [2.24, 2.45) is 0 Å². The Morgan fingerprint density at radius 1 is 1.08 bits per heavy atom. The number of hydrogen-bond acceptors (Lipinski definition) is 2. The lowest BCUT2D eigenvalue weighted by atomic mass is 9.86. The number of aromatic carboxylic acids is 1. The van der Waals surface area contributed by atoms with Crippen LogP contribution in [0, 0.1) is 6.92 Å². The fourth-order valence-corrected chi connectivity index (χ4v) is 4.58. The number of phenolic OH excluding ortho intramolecular Hbond substituents is 1. The number of hydrogen-bond donors (Lipinski definition) is 2. The molecule has 2 aliphatic rings. The van der Waals surface area contributed by atoms with E-state index in [-0.39, 0.29) is 16.9 Å². The summed E-state index contributed by atoms with van der Waals surface area (Å²) < 4.78 is 15.1. The van der Waals surface area contributed by atoms with Gasteiger partial charge in [0.15, 0.2) is 0 Å². The molecule has 4 heteroatoms. The molecule has 2 unspecified atom stereocenters. The molecule has 134 valence electrons. The van der Waals surface area contributed by atoms with Crippen LogP contribution in [0.2, 0.25) is 0 Å². The quantitative estimate of drug-likeness (QED) is 0.705. The molecule has 0 aromatic heterocycles. The van der Waals surface area contributed by atoms with Gasteiger partial charge in [-0.25, -0.2) is 9.18 Å². The first kappa shape index (κ1) is 16.8. The summed E-state index contributed by atoms with van der Waals surface area (Å²) in [6, 6.07) is 8.02. The highest BCUT2D eigenvalue weighted by molar-refractivity contribution is 5.92. The Kier molecular flexibility index (Phi) is 3.87. The number of phenols is 1. The molecule has 0 amide bonds. The minimum Gasteiger partial charge on any atom is -0.507 e. The molecule has 0 heterocycles. The van der Waals surface area contributed by atoms with E-state index in [0.717, 1.165) is 17.2 Å². The maximum absolute atomic E-state index is 15.1. The van der Waals surface area contributed by atoms with Gasteiger partial charge in [-0.2, -0.15) is 0 Å². The van der Waals surface area contributed by atoms with Crippen LogP contribution in [0.4, 0.5) is 4.39 Å². The number of allylic oxidation sites excluding steroid dienone is 1. The number of carboxylic acid groups (broad SMARTS) is 1. The zero-order valence-corrected chi connectivity index (χ0v) is 14.8. The Balaban J connectivity index is 1.78. The number of aryl methyl sites for hydroxylation is 1. The average Bonchev–Trinajstić information content (AvgIpc) is 3.21. The van der Waals surface area contributed by atoms with Crippen LogP contribution in [0.15, 0.2) is 30.3 Å². The van der Waals surface area contributed by atoms with Gasteiger partial charge in [-0.1, -0.05) is 12.1 Å². The van der Waals surface area contributed by atoms with Crippen LogP contribution < -0.4 is 0 Å². The third-order valence-corrected chi connectivity index (χ3v) is 5.96. The Morgan fingerprint density at radius 2 is 1.73 bits per heavy atom. The fourth-order valence-electron chi connectivity index (χ4n) is 4.58. The first-order chi connectivity index (χ1) is 12.4. The van der Waals surface area contributed by atoms with E-state index in [1.807, 2.05) is 6.92 Å². The molecular formula is C22H21FO3. The van der Waals surface area contributed by atoms with Gasteiger partial charge in [0, 0.05) is 0 Å². The molecule has 2 N–H and O–H groups in total. The molecule has 0 radical (unpaired) electrons. The van der Waals surface area contributed by atoms with Crippen molar-refractivity contribution < 1.29 is 19.4 Å². The summed E-state index contributed by atoms with van der Waals surface area (Å²) in [4.78, 5) is 11.0. The Labute approximate surface area is 151 Å². The number of carbonyl (C=O) groups is 1. The third kappa shape index (κ3) is 2.52. The largest absolute Gasteiger partial charge is 0.507 e. The average molecular weight is 352 g/mol. The van der Waals surface area contributed by atoms with E-state index in [1.54, 1.807) is 6.92 Å². The van der Waals surface area contributed by atoms with E-state index in [4.69, 9.17) is 5.11 Å². The van der Waals surface area contributed by atoms with E-state index in [2.05, 4.69) is 12.1 Å². The summed E-state index contributed by atoms with van der Waals surface area (Å²) in [6.45, 7) is 3.70. The maximum Gasteiger partial charge on any atom is 0.335 e. The number of rotatable bonds is 3. The molecule has 2 aliphatic carbocycles. The molecule has 2 aromatic carbocycles. The molecule has 3 nitrogen and oxygen atoms in total. The predicted octanol–water partition coefficient (Wildman–Crippen LogP) is 5.62. The monoisotopic (exact) mass is 352 g/mol. The third-order valence-electron chi connectivity index (χ3n) is 5.96. The molecule has 2 bridgehead atoms. The molecule has 0 aliphatic heterocycles. The zero-order valence-electron chi connectivity index (χ0n) is 14.8. The fraction of sp³-hybridized carbons (Fsp3) is 0.318. The number of halogens is 1. The van der Waals surface area contributed by atoms with Crippen molar-refractivity contribution in [3.63, 3.8) is 0 Å². The molecule has 2 atom stereocenters. The van der Waals surface area contributed by atoms with Crippen LogP contribution in [0.3, 0.4) is 0 Å². The smallest absolute Gasteiger partial charge is 0.335 e. The topological polar surface area (TPSA) is 57.5 Å². The molecule has 0 saturated heterocycles. The molecule has 1 saturated carbocycles. The predicted molar refractivity (Wildman–Crippen MR) is 99.2 cm³/mol. The highest BCUT2D eigenvalue weighted by atomic mass is 19.1. The highest BCUT2D eigenvalue weighted by Gasteiger charge is 2.37. The Hall–Kier alpha value is -2.62. The van der Waals surface area contributed by atoms with Crippen LogP contribution >= 0.6 is 0 Å². The van der Waals surface area contributed by atoms with Gasteiger partial charge in [0.05, 0.1) is 11.1 Å². The number of benzene rings is 2. The molecule has 0 spiro atoms. The van der Waals surface area contributed by atoms with Crippen molar-refractivity contribution in [1.29, 1.82) is 0 Å². The second kappa shape index (κ2) is 5.97. The van der Waals surface area contributed by atoms with Crippen LogP contribution in [0.5, 0.6) is 5.75 Å². The van der Waals surface area contributed by atoms with E-state index in [9.17, 15) is 9.90 Å². The lowest BCUT2D eigenvalue weighted by Crippen LogP contribution is -2.01. The van der Waals surface area contributed by atoms with E-state index in [1.165, 1.54) is 42.5 Å². The first-order valence-electron chi connectivity index (χ1n) is 8.94. The summed E-state index contributed by atoms with van der Waals surface area (Å²) in [5, 5.41) is 19.1. The van der Waals surface area contributed by atoms with Crippen molar-refractivity contribution in [3.05, 3.63) is 63.7 Å². The summed E-state index contributed by atoms with van der Waals surface area (Å²) in [6.07, 6.45) is 3.67. The van der Waals surface area contributed by atoms with Crippen molar-refractivity contribution in [1.82, 2.24) is 0 Å². The van der Waals surface area contributed by atoms with Gasteiger partial charge < -0.3 is 10.2 Å². The second-order valence-corrected chi connectivity index (χ2v) is 7.48. The van der Waals surface area contributed by atoms with Gasteiger partial charge in [0.1, 0.15) is 11.6 Å². The zero-order chi connectivity index (χ0) is 18.6. The van der Waals surface area contributed by atoms with Crippen molar-refractivity contribution in [2.45, 2.75) is 44.9 Å². The van der Waals surface area contributed by atoms with E-state index >= 15 is 4.39 Å². The first-order valence-corrected chi connectivity index (χ1v) is 8.94. The minimum atomic E-state index is -1.16. The van der Waals surface area contributed by atoms with Gasteiger partial charge in [-0.3, -0.25) is 0 Å². The van der Waals surface area contributed by atoms with Crippen LogP contribution in [-0.2, 0) is 0 Å². The summed E-state index contributed by atoms with van der Waals surface area (Å²) >= 11 is 0. The van der Waals surface area contributed by atoms with Gasteiger partial charge in [0.2, 0.25) is 0 Å². The normalized spacial score (nSPS) is 21.5. The van der Waals surface area contributed by atoms with Crippen LogP contribution in [0.25, 0.3) is 11.4 Å². The Bertz CT molecular complexity index is 958. The SMILES string of the molecule is C/C(=C(\F)c1ccc(C(=O)O)cc1O)c1cc2c(cc1C)C1CCC2C1. The molecule has 2 aromatic rings. The lowest BCUT2D eigenvalue weighted by Gasteiger charge is -2.19. The second-order valence-electron chi connectivity index (χ2n) is 7.48. The summed E-state index contributed by atoms with van der Waals surface area (Å²) in [7, 11) is 0. The lowest BCUT2D eigenvalue weighted by molar-refractivity contribution is 0.0696. The number of carboxylic acids is 1. The number of fused-ring (bicyclic) bond motifs is 5. The molecule has 1 fully saturated rings. The maximum atomic E-state index is 15.1. The standard InChI is InChI=1S/C22H21FO3/c1-11-7-18-13-3-4-14(8-13)19(18)10-17(11)12(2)21(23)16-6-5-15(22(25)26)9-20(16)24/h5-7,9-10,13-14,24H,3-4,8H2,1-2H3,(H,25,26)/b21-12+. The van der Waals surface area contributed by atoms with E-state index in [0.29, 0.717) is 17.4 Å². The molecule has 26 heavy (non-hydrogen) atoms. The molecule has 4 rings (SSSR count). The van der Waals surface area contributed by atoms with Crippen molar-refractivity contribution in [2.75, 3.05) is 0 Å². The molecular weight excluding hydrogens is 331 g/mol. The minimum absolute atomic E-state index is 0.0221. The van der Waals surface area contributed by atoms with Crippen LogP contribution in [-0.4, -0.2) is 16.2 Å².